The Morgan fingerprint density at radius 3 is 2.72 bits per heavy atom. The molecule has 3 aliphatic rings. The van der Waals surface area contributed by atoms with Crippen molar-refractivity contribution in [1.82, 2.24) is 4.90 Å². The van der Waals surface area contributed by atoms with E-state index in [4.69, 9.17) is 4.74 Å². The van der Waals surface area contributed by atoms with E-state index in [9.17, 15) is 27.3 Å². The summed E-state index contributed by atoms with van der Waals surface area (Å²) in [6, 6.07) is 0. The van der Waals surface area contributed by atoms with Gasteiger partial charge >= 0.3 is 6.36 Å². The predicted molar refractivity (Wildman–Crippen MR) is 94.8 cm³/mol. The summed E-state index contributed by atoms with van der Waals surface area (Å²) >= 11 is 0. The van der Waals surface area contributed by atoms with Gasteiger partial charge in [-0.1, -0.05) is 0 Å². The highest BCUT2D eigenvalue weighted by Gasteiger charge is 2.39. The van der Waals surface area contributed by atoms with E-state index in [2.05, 4.69) is 9.91 Å². The Bertz CT molecular complexity index is 697. The van der Waals surface area contributed by atoms with E-state index in [0.29, 0.717) is 32.5 Å². The van der Waals surface area contributed by atoms with Gasteiger partial charge in [-0.15, -0.1) is 18.1 Å². The molecule has 0 bridgehead atoms. The van der Waals surface area contributed by atoms with E-state index in [-0.39, 0.29) is 42.2 Å². The van der Waals surface area contributed by atoms with Crippen LogP contribution in [0.5, 0.6) is 0 Å². The highest BCUT2D eigenvalue weighted by atomic mass is 19.4. The zero-order valence-electron chi connectivity index (χ0n) is 16.0. The maximum absolute atomic E-state index is 14.4. The largest absolute Gasteiger partial charge is 0.572 e. The highest BCUT2D eigenvalue weighted by molar-refractivity contribution is 5.76. The zero-order chi connectivity index (χ0) is 21.1. The average molecular weight is 420 g/mol. The quantitative estimate of drug-likeness (QED) is 0.487. The Kier molecular flexibility index (Phi) is 6.60. The molecule has 1 unspecified atom stereocenters. The number of amides is 1. The number of rotatable bonds is 4. The van der Waals surface area contributed by atoms with Gasteiger partial charge in [-0.05, 0) is 38.0 Å². The second-order valence-corrected chi connectivity index (χ2v) is 7.88. The molecule has 3 rings (SSSR count). The van der Waals surface area contributed by atoms with Crippen molar-refractivity contribution in [3.63, 3.8) is 0 Å². The second kappa shape index (κ2) is 8.81. The lowest BCUT2D eigenvalue weighted by molar-refractivity contribution is -0.306. The number of nitrogens with zero attached hydrogens (tertiary/aromatic N) is 2. The smallest absolute Gasteiger partial charge is 0.410 e. The van der Waals surface area contributed by atoms with Crippen LogP contribution in [0.2, 0.25) is 0 Å². The molecule has 1 spiro atoms. The maximum atomic E-state index is 14.4. The van der Waals surface area contributed by atoms with Crippen molar-refractivity contribution in [1.29, 1.82) is 0 Å². The summed E-state index contributed by atoms with van der Waals surface area (Å²) in [6.07, 6.45) is -0.266. The molecule has 0 aromatic carbocycles. The van der Waals surface area contributed by atoms with Crippen LogP contribution in [0, 0.1) is 10.8 Å². The Hall–Kier alpha value is -1.97. The molecule has 6 nitrogen and oxygen atoms in total. The van der Waals surface area contributed by atoms with Crippen LogP contribution in [0.25, 0.3) is 0 Å². The predicted octanol–water partition coefficient (Wildman–Crippen LogP) is 4.72. The van der Waals surface area contributed by atoms with Crippen LogP contribution < -0.4 is 0 Å². The number of hydrogen-bond acceptors (Lipinski definition) is 5. The van der Waals surface area contributed by atoms with E-state index in [1.807, 2.05) is 0 Å². The van der Waals surface area contributed by atoms with E-state index < -0.39 is 18.1 Å². The van der Waals surface area contributed by atoms with Crippen LogP contribution in [0.1, 0.15) is 51.4 Å². The van der Waals surface area contributed by atoms with Gasteiger partial charge in [0.15, 0.2) is 0 Å². The Labute approximate surface area is 165 Å². The fourth-order valence-corrected chi connectivity index (χ4v) is 4.32. The lowest BCUT2D eigenvalue weighted by Crippen LogP contribution is -2.40. The van der Waals surface area contributed by atoms with Gasteiger partial charge in [0.25, 0.3) is 5.91 Å². The molecular weight excluding hydrogens is 396 g/mol. The van der Waals surface area contributed by atoms with Crippen LogP contribution >= 0.6 is 0 Å². The SMILES string of the molecule is O=NC(=O)C[C@@H]1CCC2(CCCN(C3=C(F)CCC(OC(F)(F)F)=C3)CC2)OC1. The molecule has 2 heterocycles. The molecule has 2 fully saturated rings. The monoisotopic (exact) mass is 420 g/mol. The van der Waals surface area contributed by atoms with Gasteiger partial charge in [-0.25, -0.2) is 4.39 Å². The van der Waals surface area contributed by atoms with E-state index >= 15 is 0 Å². The van der Waals surface area contributed by atoms with Gasteiger partial charge < -0.3 is 14.4 Å². The molecule has 2 atom stereocenters. The first kappa shape index (κ1) is 21.7. The molecule has 2 saturated heterocycles. The fraction of sp³-hybridized carbons (Fsp3) is 0.737. The van der Waals surface area contributed by atoms with Gasteiger partial charge in [-0.2, -0.15) is 0 Å². The Morgan fingerprint density at radius 1 is 1.28 bits per heavy atom. The van der Waals surface area contributed by atoms with Crippen molar-refractivity contribution in [2.75, 3.05) is 19.7 Å². The Morgan fingerprint density at radius 2 is 2.07 bits per heavy atom. The topological polar surface area (TPSA) is 68.2 Å². The third-order valence-electron chi connectivity index (χ3n) is 5.85. The summed E-state index contributed by atoms with van der Waals surface area (Å²) in [5.41, 5.74) is -0.229. The molecule has 0 saturated carbocycles. The van der Waals surface area contributed by atoms with Crippen molar-refractivity contribution in [3.8, 4) is 0 Å². The highest BCUT2D eigenvalue weighted by Crippen LogP contribution is 2.39. The number of hydrogen-bond donors (Lipinski definition) is 0. The standard InChI is InChI=1S/C19H24F4N2O4/c20-15-3-2-14(29-19(21,22)23)11-16(15)25-8-1-5-18(7-9-25)6-4-13(12-28-18)10-17(26)24-27/h11,13H,1-10,12H2/t13-,18?/m0/s1. The zero-order valence-corrected chi connectivity index (χ0v) is 16.0. The summed E-state index contributed by atoms with van der Waals surface area (Å²) in [6.45, 7) is 1.33. The lowest BCUT2D eigenvalue weighted by Gasteiger charge is -2.39. The summed E-state index contributed by atoms with van der Waals surface area (Å²) in [7, 11) is 0. The van der Waals surface area contributed by atoms with Gasteiger partial charge in [-0.3, -0.25) is 4.79 Å². The van der Waals surface area contributed by atoms with E-state index in [0.717, 1.165) is 25.3 Å². The van der Waals surface area contributed by atoms with Crippen molar-refractivity contribution in [2.24, 2.45) is 11.1 Å². The van der Waals surface area contributed by atoms with Crippen LogP contribution in [-0.4, -0.2) is 42.5 Å². The minimum absolute atomic E-state index is 0.0336. The number of nitroso groups, excluding NO2 is 1. The van der Waals surface area contributed by atoms with E-state index in [1.54, 1.807) is 4.90 Å². The molecule has 1 aliphatic carbocycles. The number of carbonyl (C=O) groups excluding carboxylic acids is 1. The van der Waals surface area contributed by atoms with Gasteiger partial charge in [0.05, 0.1) is 17.9 Å². The number of likely N-dealkylation sites (tertiary alicyclic amines) is 1. The number of halogens is 4. The molecule has 0 aromatic rings. The maximum Gasteiger partial charge on any atom is 0.572 e. The molecule has 29 heavy (non-hydrogen) atoms. The molecule has 0 N–H and O–H groups in total. The van der Waals surface area contributed by atoms with Crippen LogP contribution in [-0.2, 0) is 14.3 Å². The lowest BCUT2D eigenvalue weighted by atomic mass is 9.82. The van der Waals surface area contributed by atoms with Crippen LogP contribution in [0.15, 0.2) is 28.5 Å². The normalized spacial score (nSPS) is 28.8. The number of allylic oxidation sites excluding steroid dienone is 3. The number of carbonyl (C=O) groups is 1. The third-order valence-corrected chi connectivity index (χ3v) is 5.85. The fourth-order valence-electron chi connectivity index (χ4n) is 4.32. The molecule has 162 valence electrons. The van der Waals surface area contributed by atoms with Crippen molar-refractivity contribution >= 4 is 5.91 Å². The van der Waals surface area contributed by atoms with Crippen LogP contribution in [0.4, 0.5) is 17.6 Å². The Balaban J connectivity index is 1.61. The number of ether oxygens (including phenoxy) is 2. The van der Waals surface area contributed by atoms with Crippen molar-refractivity contribution in [3.05, 3.63) is 28.3 Å². The summed E-state index contributed by atoms with van der Waals surface area (Å²) < 4.78 is 61.9. The minimum atomic E-state index is -4.79. The summed E-state index contributed by atoms with van der Waals surface area (Å²) in [4.78, 5) is 23.2. The average Bonchev–Trinajstić information content (AvgIpc) is 2.87. The summed E-state index contributed by atoms with van der Waals surface area (Å²) in [5.74, 6) is -1.42. The van der Waals surface area contributed by atoms with Gasteiger partial charge in [0.2, 0.25) is 0 Å². The van der Waals surface area contributed by atoms with Crippen molar-refractivity contribution in [2.45, 2.75) is 63.3 Å². The molecule has 1 amide bonds. The second-order valence-electron chi connectivity index (χ2n) is 7.88. The van der Waals surface area contributed by atoms with Gasteiger partial charge in [0.1, 0.15) is 11.6 Å². The number of alkyl halides is 3. The van der Waals surface area contributed by atoms with E-state index in [1.165, 1.54) is 0 Å². The molecule has 0 aromatic heterocycles. The first-order chi connectivity index (χ1) is 13.7. The molecule has 0 radical (unpaired) electrons. The molecule has 10 heteroatoms. The molecule has 2 aliphatic heterocycles. The van der Waals surface area contributed by atoms with Crippen LogP contribution in [0.3, 0.4) is 0 Å². The third kappa shape index (κ3) is 5.77. The first-order valence-corrected chi connectivity index (χ1v) is 9.80. The first-order valence-electron chi connectivity index (χ1n) is 9.80. The molecular formula is C19H24F4N2O4. The van der Waals surface area contributed by atoms with Crippen molar-refractivity contribution < 1.29 is 31.8 Å². The van der Waals surface area contributed by atoms with Gasteiger partial charge in [0, 0.05) is 43.6 Å². The summed E-state index contributed by atoms with van der Waals surface area (Å²) in [5, 5.41) is 2.42. The minimum Gasteiger partial charge on any atom is -0.410 e.